The van der Waals surface area contributed by atoms with Crippen molar-refractivity contribution in [1.29, 1.82) is 0 Å². The van der Waals surface area contributed by atoms with Crippen molar-refractivity contribution in [1.82, 2.24) is 15.2 Å². The number of aliphatic imine (C=N–C) groups is 1. The van der Waals surface area contributed by atoms with Gasteiger partial charge in [-0.15, -0.1) is 11.3 Å². The zero-order chi connectivity index (χ0) is 14.8. The summed E-state index contributed by atoms with van der Waals surface area (Å²) >= 11 is 1.71. The van der Waals surface area contributed by atoms with E-state index in [4.69, 9.17) is 0 Å². The number of aryl methyl sites for hydroxylation is 1. The van der Waals surface area contributed by atoms with E-state index in [1.165, 1.54) is 25.7 Å². The molecule has 1 aromatic rings. The Bertz CT molecular complexity index is 490. The highest BCUT2D eigenvalue weighted by atomic mass is 32.1. The third-order valence-corrected chi connectivity index (χ3v) is 5.41. The predicted octanol–water partition coefficient (Wildman–Crippen LogP) is 2.89. The monoisotopic (exact) mass is 306 g/mol. The molecule has 3 rings (SSSR count). The van der Waals surface area contributed by atoms with Crippen molar-refractivity contribution in [2.24, 2.45) is 22.7 Å². The van der Waals surface area contributed by atoms with E-state index < -0.39 is 0 Å². The van der Waals surface area contributed by atoms with Crippen LogP contribution in [-0.4, -0.2) is 36.5 Å². The van der Waals surface area contributed by atoms with Crippen LogP contribution in [0.4, 0.5) is 0 Å². The molecule has 0 aliphatic heterocycles. The van der Waals surface area contributed by atoms with Gasteiger partial charge in [0.15, 0.2) is 5.96 Å². The van der Waals surface area contributed by atoms with Crippen molar-refractivity contribution in [3.05, 3.63) is 16.1 Å². The van der Waals surface area contributed by atoms with Crippen LogP contribution in [0.15, 0.2) is 10.4 Å². The van der Waals surface area contributed by atoms with Crippen LogP contribution in [0.1, 0.15) is 36.4 Å². The van der Waals surface area contributed by atoms with Gasteiger partial charge in [0.25, 0.3) is 0 Å². The van der Waals surface area contributed by atoms with Gasteiger partial charge < -0.3 is 10.2 Å². The number of rotatable bonds is 6. The van der Waals surface area contributed by atoms with Crippen LogP contribution in [0.3, 0.4) is 0 Å². The fraction of sp³-hybridized carbons (Fsp3) is 0.750. The van der Waals surface area contributed by atoms with Gasteiger partial charge in [0, 0.05) is 26.0 Å². The van der Waals surface area contributed by atoms with Crippen molar-refractivity contribution >= 4 is 17.3 Å². The molecule has 1 N–H and O–H groups in total. The maximum absolute atomic E-state index is 4.53. The molecule has 2 aliphatic rings. The summed E-state index contributed by atoms with van der Waals surface area (Å²) in [6.45, 7) is 3.96. The molecule has 2 saturated carbocycles. The number of hydrogen-bond donors (Lipinski definition) is 1. The zero-order valence-electron chi connectivity index (χ0n) is 13.3. The number of guanidine groups is 1. The van der Waals surface area contributed by atoms with Gasteiger partial charge in [-0.1, -0.05) is 0 Å². The maximum atomic E-state index is 4.53. The zero-order valence-corrected chi connectivity index (χ0v) is 14.1. The number of thiazole rings is 1. The van der Waals surface area contributed by atoms with E-state index in [1.807, 2.05) is 7.05 Å². The number of nitrogens with one attached hydrogen (secondary N) is 1. The first kappa shape index (κ1) is 14.8. The largest absolute Gasteiger partial charge is 0.356 e. The molecule has 21 heavy (non-hydrogen) atoms. The van der Waals surface area contributed by atoms with E-state index in [2.05, 4.69) is 39.5 Å². The minimum atomic E-state index is 0.821. The highest BCUT2D eigenvalue weighted by Crippen LogP contribution is 2.48. The summed E-state index contributed by atoms with van der Waals surface area (Å²) in [4.78, 5) is 11.1. The summed E-state index contributed by atoms with van der Waals surface area (Å²) in [7, 11) is 3.96. The molecule has 0 bridgehead atoms. The molecule has 0 spiro atoms. The number of aromatic nitrogens is 1. The summed E-state index contributed by atoms with van der Waals surface area (Å²) in [5, 5.41) is 6.85. The van der Waals surface area contributed by atoms with Crippen molar-refractivity contribution in [3.63, 3.8) is 0 Å². The first-order chi connectivity index (χ1) is 10.2. The average molecular weight is 306 g/mol. The van der Waals surface area contributed by atoms with E-state index in [9.17, 15) is 0 Å². The first-order valence-electron chi connectivity index (χ1n) is 8.00. The van der Waals surface area contributed by atoms with Gasteiger partial charge in [0.2, 0.25) is 0 Å². The van der Waals surface area contributed by atoms with Crippen molar-refractivity contribution < 1.29 is 0 Å². The minimum Gasteiger partial charge on any atom is -0.356 e. The molecule has 0 amide bonds. The number of nitrogens with zero attached hydrogens (tertiary/aromatic N) is 3. The molecule has 1 heterocycles. The van der Waals surface area contributed by atoms with E-state index in [0.717, 1.165) is 47.5 Å². The van der Waals surface area contributed by atoms with Gasteiger partial charge in [-0.05, 0) is 50.4 Å². The molecule has 0 aromatic carbocycles. The molecular weight excluding hydrogens is 280 g/mol. The van der Waals surface area contributed by atoms with Crippen molar-refractivity contribution in [3.8, 4) is 0 Å². The lowest BCUT2D eigenvalue weighted by Crippen LogP contribution is -2.41. The van der Waals surface area contributed by atoms with Gasteiger partial charge in [-0.25, -0.2) is 4.98 Å². The fourth-order valence-electron chi connectivity index (χ4n) is 3.16. The normalized spacial score (nSPS) is 19.1. The van der Waals surface area contributed by atoms with Crippen LogP contribution in [0.25, 0.3) is 0 Å². The summed E-state index contributed by atoms with van der Waals surface area (Å²) in [6, 6.07) is 0. The Labute approximate surface area is 131 Å². The topological polar surface area (TPSA) is 40.5 Å². The maximum Gasteiger partial charge on any atom is 0.193 e. The van der Waals surface area contributed by atoms with Gasteiger partial charge in [0.1, 0.15) is 0 Å². The summed E-state index contributed by atoms with van der Waals surface area (Å²) in [5.74, 6) is 3.83. The lowest BCUT2D eigenvalue weighted by molar-refractivity contribution is 0.386. The highest BCUT2D eigenvalue weighted by molar-refractivity contribution is 7.09. The Balaban J connectivity index is 1.51. The molecule has 116 valence electrons. The molecule has 4 nitrogen and oxygen atoms in total. The number of hydrogen-bond acceptors (Lipinski definition) is 3. The van der Waals surface area contributed by atoms with Crippen molar-refractivity contribution in [2.45, 2.75) is 39.2 Å². The van der Waals surface area contributed by atoms with Crippen LogP contribution >= 0.6 is 11.3 Å². The molecule has 5 heteroatoms. The predicted molar refractivity (Wildman–Crippen MR) is 88.6 cm³/mol. The summed E-state index contributed by atoms with van der Waals surface area (Å²) < 4.78 is 0. The Morgan fingerprint density at radius 1 is 1.43 bits per heavy atom. The molecule has 1 aromatic heterocycles. The van der Waals surface area contributed by atoms with Gasteiger partial charge in [0.05, 0.1) is 17.2 Å². The Kier molecular flexibility index (Phi) is 4.48. The second-order valence-corrected chi connectivity index (χ2v) is 7.54. The van der Waals surface area contributed by atoms with E-state index in [-0.39, 0.29) is 0 Å². The molecular formula is C16H26N4S. The molecule has 0 radical (unpaired) electrons. The SMILES string of the molecule is CN=C(NCC(C1CC1)C1CC1)N(C)Cc1csc(C)n1. The summed E-state index contributed by atoms with van der Waals surface area (Å²) in [5.41, 5.74) is 1.13. The van der Waals surface area contributed by atoms with Crippen molar-refractivity contribution in [2.75, 3.05) is 20.6 Å². The molecule has 2 aliphatic carbocycles. The standard InChI is InChI=1S/C16H26N4S/c1-11-19-14(10-21-11)9-20(3)16(17-2)18-8-15(12-4-5-12)13-6-7-13/h10,12-13,15H,4-9H2,1-3H3,(H,17,18). The quantitative estimate of drug-likeness (QED) is 0.649. The lowest BCUT2D eigenvalue weighted by Gasteiger charge is -2.24. The second-order valence-electron chi connectivity index (χ2n) is 6.48. The summed E-state index contributed by atoms with van der Waals surface area (Å²) in [6.07, 6.45) is 5.76. The van der Waals surface area contributed by atoms with E-state index >= 15 is 0 Å². The Morgan fingerprint density at radius 3 is 2.57 bits per heavy atom. The smallest absolute Gasteiger partial charge is 0.193 e. The van der Waals surface area contributed by atoms with E-state index in [0.29, 0.717) is 0 Å². The van der Waals surface area contributed by atoms with Gasteiger partial charge in [-0.2, -0.15) is 0 Å². The minimum absolute atomic E-state index is 0.821. The van der Waals surface area contributed by atoms with E-state index in [1.54, 1.807) is 11.3 Å². The lowest BCUT2D eigenvalue weighted by atomic mass is 9.98. The molecule has 0 atom stereocenters. The van der Waals surface area contributed by atoms with Crippen LogP contribution in [0.5, 0.6) is 0 Å². The van der Waals surface area contributed by atoms with Gasteiger partial charge in [-0.3, -0.25) is 4.99 Å². The molecule has 0 unspecified atom stereocenters. The van der Waals surface area contributed by atoms with Crippen LogP contribution in [-0.2, 0) is 6.54 Å². The van der Waals surface area contributed by atoms with Crippen LogP contribution < -0.4 is 5.32 Å². The Morgan fingerprint density at radius 2 is 2.10 bits per heavy atom. The third-order valence-electron chi connectivity index (χ3n) is 4.59. The fourth-order valence-corrected chi connectivity index (χ4v) is 3.76. The average Bonchev–Trinajstić information content (AvgIpc) is 3.36. The van der Waals surface area contributed by atoms with Crippen LogP contribution in [0, 0.1) is 24.7 Å². The second kappa shape index (κ2) is 6.34. The molecule has 0 saturated heterocycles. The third kappa shape index (κ3) is 3.96. The van der Waals surface area contributed by atoms with Gasteiger partial charge >= 0.3 is 0 Å². The Hall–Kier alpha value is -1.10. The molecule has 2 fully saturated rings. The van der Waals surface area contributed by atoms with Crippen LogP contribution in [0.2, 0.25) is 0 Å². The highest BCUT2D eigenvalue weighted by Gasteiger charge is 2.41. The first-order valence-corrected chi connectivity index (χ1v) is 8.88.